The largest absolute Gasteiger partial charge is 0.326 e. The van der Waals surface area contributed by atoms with Crippen molar-refractivity contribution >= 4 is 34.8 Å². The van der Waals surface area contributed by atoms with E-state index in [2.05, 4.69) is 10.6 Å². The molecule has 0 aromatic heterocycles. The van der Waals surface area contributed by atoms with E-state index in [1.54, 1.807) is 12.1 Å². The Morgan fingerprint density at radius 2 is 1.52 bits per heavy atom. The predicted molar refractivity (Wildman–Crippen MR) is 101 cm³/mol. The van der Waals surface area contributed by atoms with Gasteiger partial charge in [-0.15, -0.1) is 0 Å². The van der Waals surface area contributed by atoms with Crippen LogP contribution in [0.5, 0.6) is 0 Å². The number of rotatable bonds is 4. The maximum Gasteiger partial charge on any atom is 0.228 e. The molecule has 2 aromatic carbocycles. The number of carbonyl (C=O) groups is 2. The number of halogens is 1. The highest BCUT2D eigenvalue weighted by molar-refractivity contribution is 6.31. The summed E-state index contributed by atoms with van der Waals surface area (Å²) in [6.45, 7) is 5.88. The van der Waals surface area contributed by atoms with Crippen LogP contribution < -0.4 is 10.6 Å². The summed E-state index contributed by atoms with van der Waals surface area (Å²) in [6.07, 6.45) is 0.572. The Labute approximate surface area is 152 Å². The van der Waals surface area contributed by atoms with Crippen LogP contribution in [0.4, 0.5) is 11.4 Å². The summed E-state index contributed by atoms with van der Waals surface area (Å²) in [5.74, 6) is -0.801. The van der Waals surface area contributed by atoms with Crippen LogP contribution in [0.2, 0.25) is 5.02 Å². The zero-order valence-electron chi connectivity index (χ0n) is 14.5. The number of aryl methyl sites for hydroxylation is 3. The van der Waals surface area contributed by atoms with E-state index in [1.165, 1.54) is 0 Å². The van der Waals surface area contributed by atoms with E-state index in [0.717, 1.165) is 22.4 Å². The zero-order chi connectivity index (χ0) is 18.1. The number of carbonyl (C=O) groups excluding carboxylic acids is 2. The Morgan fingerprint density at radius 3 is 2.16 bits per heavy atom. The molecule has 2 unspecified atom stereocenters. The molecule has 5 heteroatoms. The quantitative estimate of drug-likeness (QED) is 0.848. The van der Waals surface area contributed by atoms with Crippen LogP contribution in [0.3, 0.4) is 0 Å². The van der Waals surface area contributed by atoms with E-state index >= 15 is 0 Å². The van der Waals surface area contributed by atoms with E-state index < -0.39 is 0 Å². The van der Waals surface area contributed by atoms with Crippen LogP contribution in [-0.2, 0) is 9.59 Å². The highest BCUT2D eigenvalue weighted by Crippen LogP contribution is 2.40. The Balaban J connectivity index is 1.60. The van der Waals surface area contributed by atoms with E-state index in [4.69, 9.17) is 11.6 Å². The first-order valence-corrected chi connectivity index (χ1v) is 8.68. The molecule has 0 aliphatic heterocycles. The van der Waals surface area contributed by atoms with Gasteiger partial charge < -0.3 is 10.6 Å². The maximum atomic E-state index is 12.4. The molecule has 25 heavy (non-hydrogen) atoms. The van der Waals surface area contributed by atoms with Crippen molar-refractivity contribution in [3.8, 4) is 0 Å². The Hall–Kier alpha value is -2.33. The van der Waals surface area contributed by atoms with Gasteiger partial charge in [0.05, 0.1) is 11.8 Å². The minimum absolute atomic E-state index is 0.102. The van der Waals surface area contributed by atoms with Gasteiger partial charge in [0, 0.05) is 16.4 Å². The lowest BCUT2D eigenvalue weighted by atomic mass is 10.1. The van der Waals surface area contributed by atoms with Crippen molar-refractivity contribution in [2.24, 2.45) is 11.8 Å². The summed E-state index contributed by atoms with van der Waals surface area (Å²) in [5, 5.41) is 6.38. The van der Waals surface area contributed by atoms with E-state index in [-0.39, 0.29) is 23.7 Å². The molecule has 3 rings (SSSR count). The molecule has 2 N–H and O–H groups in total. The van der Waals surface area contributed by atoms with Crippen molar-refractivity contribution in [3.63, 3.8) is 0 Å². The van der Waals surface area contributed by atoms with Crippen LogP contribution in [-0.4, -0.2) is 11.8 Å². The first-order chi connectivity index (χ1) is 11.8. The summed E-state index contributed by atoms with van der Waals surface area (Å²) in [4.78, 5) is 24.8. The van der Waals surface area contributed by atoms with Gasteiger partial charge in [-0.25, -0.2) is 0 Å². The highest BCUT2D eigenvalue weighted by atomic mass is 35.5. The molecule has 1 aliphatic carbocycles. The van der Waals surface area contributed by atoms with Gasteiger partial charge in [0.1, 0.15) is 0 Å². The summed E-state index contributed by atoms with van der Waals surface area (Å²) < 4.78 is 0. The van der Waals surface area contributed by atoms with Crippen LogP contribution in [0, 0.1) is 32.6 Å². The summed E-state index contributed by atoms with van der Waals surface area (Å²) in [5.41, 5.74) is 4.60. The van der Waals surface area contributed by atoms with Gasteiger partial charge in [-0.2, -0.15) is 0 Å². The molecule has 1 saturated carbocycles. The number of hydrogen-bond acceptors (Lipinski definition) is 2. The second-order valence-corrected chi connectivity index (χ2v) is 7.14. The number of nitrogens with one attached hydrogen (secondary N) is 2. The fourth-order valence-corrected chi connectivity index (χ4v) is 3.08. The number of hydrogen-bond donors (Lipinski definition) is 2. The summed E-state index contributed by atoms with van der Waals surface area (Å²) >= 11 is 5.98. The molecular weight excluding hydrogens is 336 g/mol. The molecule has 0 radical (unpaired) electrons. The second-order valence-electron chi connectivity index (χ2n) is 6.70. The van der Waals surface area contributed by atoms with Crippen molar-refractivity contribution in [2.75, 3.05) is 10.6 Å². The van der Waals surface area contributed by atoms with Crippen LogP contribution >= 0.6 is 11.6 Å². The minimum Gasteiger partial charge on any atom is -0.326 e. The summed E-state index contributed by atoms with van der Waals surface area (Å²) in [7, 11) is 0. The fraction of sp³-hybridized carbons (Fsp3) is 0.300. The third-order valence-corrected chi connectivity index (χ3v) is 4.80. The predicted octanol–water partition coefficient (Wildman–Crippen LogP) is 4.48. The fourth-order valence-electron chi connectivity index (χ4n) is 2.91. The summed E-state index contributed by atoms with van der Waals surface area (Å²) in [6, 6.07) is 11.2. The lowest BCUT2D eigenvalue weighted by Crippen LogP contribution is -2.21. The van der Waals surface area contributed by atoms with Crippen molar-refractivity contribution in [1.29, 1.82) is 0 Å². The third-order valence-electron chi connectivity index (χ3n) is 4.56. The smallest absolute Gasteiger partial charge is 0.228 e. The Kier molecular flexibility index (Phi) is 4.82. The topological polar surface area (TPSA) is 58.2 Å². The maximum absolute atomic E-state index is 12.4. The molecule has 4 nitrogen and oxygen atoms in total. The van der Waals surface area contributed by atoms with Crippen molar-refractivity contribution < 1.29 is 9.59 Å². The molecule has 2 aromatic rings. The van der Waals surface area contributed by atoms with Gasteiger partial charge in [0.2, 0.25) is 11.8 Å². The number of anilines is 2. The molecule has 0 spiro atoms. The second kappa shape index (κ2) is 6.89. The monoisotopic (exact) mass is 356 g/mol. The van der Waals surface area contributed by atoms with Crippen molar-refractivity contribution in [1.82, 2.24) is 0 Å². The van der Waals surface area contributed by atoms with E-state index in [1.807, 2.05) is 45.0 Å². The van der Waals surface area contributed by atoms with Crippen molar-refractivity contribution in [2.45, 2.75) is 27.2 Å². The molecular formula is C20H21ClN2O2. The zero-order valence-corrected chi connectivity index (χ0v) is 15.3. The molecule has 0 heterocycles. The standard InChI is InChI=1S/C20H21ClN2O2/c1-11-4-7-17(13(3)8-11)22-19(24)15-10-16(15)20(25)23-18-9-14(21)6-5-12(18)2/h4-9,15-16H,10H2,1-3H3,(H,22,24)(H,23,25). The van der Waals surface area contributed by atoms with Crippen LogP contribution in [0.15, 0.2) is 36.4 Å². The minimum atomic E-state index is -0.288. The average Bonchev–Trinajstić information content (AvgIpc) is 3.34. The SMILES string of the molecule is Cc1ccc(NC(=O)C2CC2C(=O)Nc2cc(Cl)ccc2C)c(C)c1. The van der Waals surface area contributed by atoms with Gasteiger partial charge >= 0.3 is 0 Å². The third kappa shape index (κ3) is 4.02. The Bertz CT molecular complexity index is 848. The highest BCUT2D eigenvalue weighted by Gasteiger charge is 2.48. The molecule has 0 bridgehead atoms. The number of benzene rings is 2. The molecule has 0 saturated heterocycles. The van der Waals surface area contributed by atoms with E-state index in [9.17, 15) is 9.59 Å². The van der Waals surface area contributed by atoms with Gasteiger partial charge in [-0.3, -0.25) is 9.59 Å². The van der Waals surface area contributed by atoms with Crippen molar-refractivity contribution in [3.05, 3.63) is 58.1 Å². The van der Waals surface area contributed by atoms with Crippen LogP contribution in [0.25, 0.3) is 0 Å². The first kappa shape index (κ1) is 17.5. The molecule has 2 amide bonds. The molecule has 130 valence electrons. The first-order valence-electron chi connectivity index (χ1n) is 8.30. The van der Waals surface area contributed by atoms with Gasteiger partial charge in [-0.1, -0.05) is 35.4 Å². The van der Waals surface area contributed by atoms with Gasteiger partial charge in [0.25, 0.3) is 0 Å². The lowest BCUT2D eigenvalue weighted by molar-refractivity contribution is -0.122. The average molecular weight is 357 g/mol. The Morgan fingerprint density at radius 1 is 0.880 bits per heavy atom. The molecule has 2 atom stereocenters. The normalized spacial score (nSPS) is 18.6. The van der Waals surface area contributed by atoms with Crippen LogP contribution in [0.1, 0.15) is 23.1 Å². The van der Waals surface area contributed by atoms with Gasteiger partial charge in [0.15, 0.2) is 0 Å². The van der Waals surface area contributed by atoms with E-state index in [0.29, 0.717) is 17.1 Å². The van der Waals surface area contributed by atoms with Gasteiger partial charge in [-0.05, 0) is 56.5 Å². The molecule has 1 fully saturated rings. The number of amides is 2. The molecule has 1 aliphatic rings. The lowest BCUT2D eigenvalue weighted by Gasteiger charge is -2.10.